The summed E-state index contributed by atoms with van der Waals surface area (Å²) in [6.07, 6.45) is 0. The lowest BCUT2D eigenvalue weighted by Gasteiger charge is -2.10. The van der Waals surface area contributed by atoms with E-state index in [1.54, 1.807) is 11.8 Å². The normalized spacial score (nSPS) is 10.5. The van der Waals surface area contributed by atoms with Crippen molar-refractivity contribution in [3.63, 3.8) is 0 Å². The van der Waals surface area contributed by atoms with Gasteiger partial charge in [0.25, 0.3) is 0 Å². The highest BCUT2D eigenvalue weighted by Crippen LogP contribution is 2.34. The van der Waals surface area contributed by atoms with Crippen LogP contribution in [0.2, 0.25) is 0 Å². The maximum absolute atomic E-state index is 5.93. The van der Waals surface area contributed by atoms with Crippen LogP contribution in [-0.4, -0.2) is 0 Å². The topological polar surface area (TPSA) is 26.0 Å². The van der Waals surface area contributed by atoms with Crippen molar-refractivity contribution in [2.75, 3.05) is 5.73 Å². The van der Waals surface area contributed by atoms with Crippen LogP contribution < -0.4 is 5.73 Å². The van der Waals surface area contributed by atoms with Crippen LogP contribution in [0.1, 0.15) is 16.7 Å². The van der Waals surface area contributed by atoms with E-state index < -0.39 is 0 Å². The van der Waals surface area contributed by atoms with E-state index in [1.165, 1.54) is 26.5 Å². The number of aryl methyl sites for hydroxylation is 2. The quantitative estimate of drug-likeness (QED) is 0.794. The lowest BCUT2D eigenvalue weighted by molar-refractivity contribution is 1.24. The zero-order chi connectivity index (χ0) is 12.4. The first kappa shape index (κ1) is 12.1. The zero-order valence-corrected chi connectivity index (χ0v) is 11.3. The maximum atomic E-state index is 5.93. The van der Waals surface area contributed by atoms with Gasteiger partial charge >= 0.3 is 0 Å². The highest BCUT2D eigenvalue weighted by molar-refractivity contribution is 7.99. The summed E-state index contributed by atoms with van der Waals surface area (Å²) in [5.74, 6) is 0. The molecule has 17 heavy (non-hydrogen) atoms. The Balaban J connectivity index is 2.38. The minimum Gasteiger partial charge on any atom is -0.398 e. The molecule has 0 aliphatic carbocycles. The average Bonchev–Trinajstić information content (AvgIpc) is 2.30. The lowest BCUT2D eigenvalue weighted by Crippen LogP contribution is -1.91. The van der Waals surface area contributed by atoms with E-state index in [2.05, 4.69) is 45.0 Å². The Morgan fingerprint density at radius 2 is 1.71 bits per heavy atom. The molecule has 0 heterocycles. The minimum absolute atomic E-state index is 0.861. The summed E-state index contributed by atoms with van der Waals surface area (Å²) < 4.78 is 0. The molecule has 1 nitrogen and oxygen atoms in total. The van der Waals surface area contributed by atoms with Crippen LogP contribution in [-0.2, 0) is 0 Å². The molecule has 2 heteroatoms. The molecule has 0 unspecified atom stereocenters. The molecule has 88 valence electrons. The molecule has 0 saturated heterocycles. The minimum atomic E-state index is 0.861. The molecule has 0 radical (unpaired) electrons. The molecule has 0 bridgehead atoms. The second-order valence-corrected chi connectivity index (χ2v) is 5.43. The first-order chi connectivity index (χ1) is 8.08. The summed E-state index contributed by atoms with van der Waals surface area (Å²) in [5, 5.41) is 0. The third-order valence-electron chi connectivity index (χ3n) is 2.89. The summed E-state index contributed by atoms with van der Waals surface area (Å²) in [5.41, 5.74) is 10.6. The van der Waals surface area contributed by atoms with E-state index in [-0.39, 0.29) is 0 Å². The molecule has 0 atom stereocenters. The standard InChI is InChI=1S/C15H17NS/c1-10-7-8-11(2)15(9-10)17-14-6-4-5-13(16)12(14)3/h4-9H,16H2,1-3H3. The Bertz CT molecular complexity index is 547. The molecule has 0 aromatic heterocycles. The number of benzene rings is 2. The van der Waals surface area contributed by atoms with Crippen LogP contribution >= 0.6 is 11.8 Å². The number of hydrogen-bond acceptors (Lipinski definition) is 2. The van der Waals surface area contributed by atoms with Gasteiger partial charge in [-0.1, -0.05) is 30.0 Å². The fraction of sp³-hybridized carbons (Fsp3) is 0.200. The predicted molar refractivity (Wildman–Crippen MR) is 75.6 cm³/mol. The average molecular weight is 243 g/mol. The zero-order valence-electron chi connectivity index (χ0n) is 10.4. The molecule has 2 aromatic rings. The molecule has 2 N–H and O–H groups in total. The number of nitrogens with two attached hydrogens (primary N) is 1. The SMILES string of the molecule is Cc1ccc(C)c(Sc2cccc(N)c2C)c1. The summed E-state index contributed by atoms with van der Waals surface area (Å²) >= 11 is 1.79. The molecule has 0 fully saturated rings. The Morgan fingerprint density at radius 1 is 0.941 bits per heavy atom. The third kappa shape index (κ3) is 2.64. The predicted octanol–water partition coefficient (Wildman–Crippen LogP) is 4.35. The van der Waals surface area contributed by atoms with Gasteiger partial charge in [-0.05, 0) is 55.7 Å². The monoisotopic (exact) mass is 243 g/mol. The number of anilines is 1. The first-order valence-corrected chi connectivity index (χ1v) is 6.50. The van der Waals surface area contributed by atoms with Crippen molar-refractivity contribution < 1.29 is 0 Å². The highest BCUT2D eigenvalue weighted by Gasteiger charge is 2.05. The number of rotatable bonds is 2. The number of hydrogen-bond donors (Lipinski definition) is 1. The second kappa shape index (κ2) is 4.84. The van der Waals surface area contributed by atoms with E-state index in [4.69, 9.17) is 5.73 Å². The number of nitrogen functional groups attached to an aromatic ring is 1. The molecular weight excluding hydrogens is 226 g/mol. The molecular formula is C15H17NS. The van der Waals surface area contributed by atoms with Gasteiger partial charge in [-0.15, -0.1) is 0 Å². The van der Waals surface area contributed by atoms with Crippen molar-refractivity contribution in [3.8, 4) is 0 Å². The van der Waals surface area contributed by atoms with Gasteiger partial charge in [-0.25, -0.2) is 0 Å². The molecule has 2 aromatic carbocycles. The van der Waals surface area contributed by atoms with Gasteiger partial charge in [0, 0.05) is 15.5 Å². The van der Waals surface area contributed by atoms with Gasteiger partial charge in [0.2, 0.25) is 0 Å². The van der Waals surface area contributed by atoms with Gasteiger partial charge in [-0.2, -0.15) is 0 Å². The van der Waals surface area contributed by atoms with Crippen LogP contribution in [0.15, 0.2) is 46.2 Å². The molecule has 0 aliphatic heterocycles. The Labute approximate surface area is 107 Å². The van der Waals surface area contributed by atoms with E-state index in [0.717, 1.165) is 5.69 Å². The van der Waals surface area contributed by atoms with Crippen molar-refractivity contribution in [2.45, 2.75) is 30.6 Å². The van der Waals surface area contributed by atoms with Gasteiger partial charge in [0.05, 0.1) is 0 Å². The van der Waals surface area contributed by atoms with E-state index >= 15 is 0 Å². The van der Waals surface area contributed by atoms with Crippen LogP contribution in [0.5, 0.6) is 0 Å². The van der Waals surface area contributed by atoms with Gasteiger partial charge < -0.3 is 5.73 Å². The fourth-order valence-electron chi connectivity index (χ4n) is 1.68. The van der Waals surface area contributed by atoms with E-state index in [1.807, 2.05) is 12.1 Å². The highest BCUT2D eigenvalue weighted by atomic mass is 32.2. The molecule has 0 saturated carbocycles. The van der Waals surface area contributed by atoms with Crippen LogP contribution in [0, 0.1) is 20.8 Å². The van der Waals surface area contributed by atoms with Crippen molar-refractivity contribution >= 4 is 17.4 Å². The van der Waals surface area contributed by atoms with Gasteiger partial charge in [-0.3, -0.25) is 0 Å². The first-order valence-electron chi connectivity index (χ1n) is 5.68. The molecule has 0 spiro atoms. The van der Waals surface area contributed by atoms with Crippen LogP contribution in [0.25, 0.3) is 0 Å². The summed E-state index contributed by atoms with van der Waals surface area (Å²) in [4.78, 5) is 2.54. The van der Waals surface area contributed by atoms with Crippen LogP contribution in [0.3, 0.4) is 0 Å². The Kier molecular flexibility index (Phi) is 3.43. The van der Waals surface area contributed by atoms with E-state index in [0.29, 0.717) is 0 Å². The van der Waals surface area contributed by atoms with Crippen molar-refractivity contribution in [1.82, 2.24) is 0 Å². The molecule has 0 amide bonds. The van der Waals surface area contributed by atoms with Crippen LogP contribution in [0.4, 0.5) is 5.69 Å². The summed E-state index contributed by atoms with van der Waals surface area (Å²) in [7, 11) is 0. The van der Waals surface area contributed by atoms with Crippen molar-refractivity contribution in [1.29, 1.82) is 0 Å². The molecule has 2 rings (SSSR count). The smallest absolute Gasteiger partial charge is 0.0355 e. The largest absolute Gasteiger partial charge is 0.398 e. The van der Waals surface area contributed by atoms with Crippen molar-refractivity contribution in [3.05, 3.63) is 53.1 Å². The Hall–Kier alpha value is -1.41. The maximum Gasteiger partial charge on any atom is 0.0355 e. The fourth-order valence-corrected chi connectivity index (χ4v) is 2.81. The second-order valence-electron chi connectivity index (χ2n) is 4.34. The van der Waals surface area contributed by atoms with E-state index in [9.17, 15) is 0 Å². The van der Waals surface area contributed by atoms with Gasteiger partial charge in [0.15, 0.2) is 0 Å². The lowest BCUT2D eigenvalue weighted by atomic mass is 10.2. The molecule has 0 aliphatic rings. The van der Waals surface area contributed by atoms with Gasteiger partial charge in [0.1, 0.15) is 0 Å². The van der Waals surface area contributed by atoms with Crippen molar-refractivity contribution in [2.24, 2.45) is 0 Å². The summed E-state index contributed by atoms with van der Waals surface area (Å²) in [6.45, 7) is 6.34. The third-order valence-corrected chi connectivity index (χ3v) is 4.21. The summed E-state index contributed by atoms with van der Waals surface area (Å²) in [6, 6.07) is 12.6. The Morgan fingerprint density at radius 3 is 2.47 bits per heavy atom.